The lowest BCUT2D eigenvalue weighted by molar-refractivity contribution is -0.124. The molecule has 3 N–H and O–H groups in total. The zero-order valence-corrected chi connectivity index (χ0v) is 18.1. The van der Waals surface area contributed by atoms with Crippen molar-refractivity contribution in [1.29, 1.82) is 0 Å². The van der Waals surface area contributed by atoms with E-state index in [1.807, 2.05) is 18.2 Å². The first-order valence-corrected chi connectivity index (χ1v) is 11.1. The van der Waals surface area contributed by atoms with E-state index in [-0.39, 0.29) is 29.3 Å². The molecule has 3 amide bonds. The van der Waals surface area contributed by atoms with Gasteiger partial charge < -0.3 is 16.0 Å². The van der Waals surface area contributed by atoms with Gasteiger partial charge in [-0.15, -0.1) is 0 Å². The number of nitrogens with one attached hydrogen (secondary N) is 3. The molecule has 168 valence electrons. The molecular formula is C25H28FN3O3. The molecule has 4 rings (SSSR count). The third kappa shape index (κ3) is 4.66. The smallest absolute Gasteiger partial charge is 0.251 e. The Bertz CT molecular complexity index is 995. The molecule has 0 bridgehead atoms. The van der Waals surface area contributed by atoms with Crippen molar-refractivity contribution in [3.8, 4) is 0 Å². The normalized spacial score (nSPS) is 25.8. The topological polar surface area (TPSA) is 87.3 Å². The van der Waals surface area contributed by atoms with E-state index >= 15 is 0 Å². The predicted molar refractivity (Wildman–Crippen MR) is 118 cm³/mol. The first kappa shape index (κ1) is 22.0. The molecule has 1 saturated carbocycles. The Morgan fingerprint density at radius 1 is 1.09 bits per heavy atom. The van der Waals surface area contributed by atoms with Gasteiger partial charge in [-0.3, -0.25) is 14.4 Å². The van der Waals surface area contributed by atoms with Gasteiger partial charge in [0.25, 0.3) is 5.91 Å². The van der Waals surface area contributed by atoms with Crippen LogP contribution in [0.25, 0.3) is 0 Å². The summed E-state index contributed by atoms with van der Waals surface area (Å²) in [6.45, 7) is 1.63. The molecule has 7 heteroatoms. The summed E-state index contributed by atoms with van der Waals surface area (Å²) in [5.74, 6) is -0.910. The highest BCUT2D eigenvalue weighted by Crippen LogP contribution is 2.45. The molecule has 4 atom stereocenters. The second kappa shape index (κ2) is 9.10. The van der Waals surface area contributed by atoms with Gasteiger partial charge in [-0.1, -0.05) is 30.3 Å². The third-order valence-electron chi connectivity index (χ3n) is 6.71. The van der Waals surface area contributed by atoms with Crippen molar-refractivity contribution < 1.29 is 18.8 Å². The first-order valence-electron chi connectivity index (χ1n) is 11.1. The fraction of sp³-hybridized carbons (Fsp3) is 0.400. The standard InChI is InChI=1S/C25H28FN3O3/c1-16(27-24(32)18-7-9-19(26)10-8-18)23(31)28-20-11-13-25(14-12-22(30)29-25)21(15-20)17-5-3-2-4-6-17/h2-10,16,20-21H,11-15H2,1H3,(H,27,32)(H,28,31)(H,29,30)/t16-,20-,21+,25-/m0/s1. The highest BCUT2D eigenvalue weighted by Gasteiger charge is 2.48. The minimum absolute atomic E-state index is 0.0546. The van der Waals surface area contributed by atoms with E-state index in [9.17, 15) is 18.8 Å². The summed E-state index contributed by atoms with van der Waals surface area (Å²) in [5, 5.41) is 8.97. The number of carbonyl (C=O) groups is 3. The molecule has 6 nitrogen and oxygen atoms in total. The largest absolute Gasteiger partial charge is 0.352 e. The van der Waals surface area contributed by atoms with E-state index in [4.69, 9.17) is 0 Å². The zero-order chi connectivity index (χ0) is 22.7. The van der Waals surface area contributed by atoms with Crippen molar-refractivity contribution in [2.75, 3.05) is 0 Å². The molecule has 1 aliphatic heterocycles. The summed E-state index contributed by atoms with van der Waals surface area (Å²) in [4.78, 5) is 37.2. The maximum Gasteiger partial charge on any atom is 0.251 e. The Balaban J connectivity index is 1.40. The summed E-state index contributed by atoms with van der Waals surface area (Å²) in [7, 11) is 0. The average molecular weight is 438 g/mol. The van der Waals surface area contributed by atoms with E-state index in [1.165, 1.54) is 24.3 Å². The fourth-order valence-electron chi connectivity index (χ4n) is 4.97. The molecule has 32 heavy (non-hydrogen) atoms. The van der Waals surface area contributed by atoms with Crippen molar-refractivity contribution in [3.05, 3.63) is 71.5 Å². The van der Waals surface area contributed by atoms with Crippen LogP contribution in [-0.2, 0) is 9.59 Å². The third-order valence-corrected chi connectivity index (χ3v) is 6.71. The lowest BCUT2D eigenvalue weighted by Gasteiger charge is -2.45. The molecule has 0 radical (unpaired) electrons. The summed E-state index contributed by atoms with van der Waals surface area (Å²) in [6, 6.07) is 14.5. The van der Waals surface area contributed by atoms with Gasteiger partial charge in [-0.2, -0.15) is 0 Å². The summed E-state index contributed by atoms with van der Waals surface area (Å²) in [5.41, 5.74) is 1.19. The van der Waals surface area contributed by atoms with Gasteiger partial charge in [0.05, 0.1) is 0 Å². The van der Waals surface area contributed by atoms with Crippen LogP contribution in [0.5, 0.6) is 0 Å². The molecule has 2 fully saturated rings. The van der Waals surface area contributed by atoms with Crippen LogP contribution in [0.4, 0.5) is 4.39 Å². The summed E-state index contributed by atoms with van der Waals surface area (Å²) < 4.78 is 13.1. The summed E-state index contributed by atoms with van der Waals surface area (Å²) >= 11 is 0. The second-order valence-electron chi connectivity index (χ2n) is 8.85. The number of benzene rings is 2. The predicted octanol–water partition coefficient (Wildman–Crippen LogP) is 3.05. The van der Waals surface area contributed by atoms with Gasteiger partial charge in [-0.05, 0) is 62.4 Å². The van der Waals surface area contributed by atoms with Gasteiger partial charge in [0, 0.05) is 29.5 Å². The van der Waals surface area contributed by atoms with E-state index in [2.05, 4.69) is 28.1 Å². The van der Waals surface area contributed by atoms with Crippen molar-refractivity contribution in [1.82, 2.24) is 16.0 Å². The van der Waals surface area contributed by atoms with E-state index in [0.717, 1.165) is 24.8 Å². The minimum Gasteiger partial charge on any atom is -0.352 e. The number of hydrogen-bond donors (Lipinski definition) is 3. The Morgan fingerprint density at radius 3 is 2.47 bits per heavy atom. The zero-order valence-electron chi connectivity index (χ0n) is 18.1. The SMILES string of the molecule is C[C@H](NC(=O)c1ccc(F)cc1)C(=O)N[C@H]1CC[C@]2(CCC(=O)N2)[C@@H](c2ccccc2)C1. The molecule has 1 heterocycles. The Kier molecular flexibility index (Phi) is 6.26. The molecular weight excluding hydrogens is 409 g/mol. The van der Waals surface area contributed by atoms with E-state index < -0.39 is 17.8 Å². The molecule has 1 spiro atoms. The maximum atomic E-state index is 13.1. The molecule has 1 aliphatic carbocycles. The van der Waals surface area contributed by atoms with Crippen LogP contribution >= 0.6 is 0 Å². The van der Waals surface area contributed by atoms with E-state index in [1.54, 1.807) is 6.92 Å². The van der Waals surface area contributed by atoms with Crippen molar-refractivity contribution in [3.63, 3.8) is 0 Å². The van der Waals surface area contributed by atoms with Crippen LogP contribution < -0.4 is 16.0 Å². The lowest BCUT2D eigenvalue weighted by Crippen LogP contribution is -2.55. The van der Waals surface area contributed by atoms with E-state index in [0.29, 0.717) is 18.4 Å². The van der Waals surface area contributed by atoms with Gasteiger partial charge in [0.1, 0.15) is 11.9 Å². The van der Waals surface area contributed by atoms with Crippen LogP contribution in [0.15, 0.2) is 54.6 Å². The summed E-state index contributed by atoms with van der Waals surface area (Å²) in [6.07, 6.45) is 3.60. The van der Waals surface area contributed by atoms with Gasteiger partial charge in [-0.25, -0.2) is 4.39 Å². The minimum atomic E-state index is -0.732. The lowest BCUT2D eigenvalue weighted by atomic mass is 9.67. The molecule has 1 saturated heterocycles. The van der Waals surface area contributed by atoms with Crippen molar-refractivity contribution in [2.24, 2.45) is 0 Å². The second-order valence-corrected chi connectivity index (χ2v) is 8.85. The average Bonchev–Trinajstić information content (AvgIpc) is 3.17. The molecule has 2 aromatic carbocycles. The highest BCUT2D eigenvalue weighted by atomic mass is 19.1. The van der Waals surface area contributed by atoms with Crippen LogP contribution in [0.1, 0.15) is 60.9 Å². The number of rotatable bonds is 5. The Hall–Kier alpha value is -3.22. The van der Waals surface area contributed by atoms with Gasteiger partial charge in [0.15, 0.2) is 0 Å². The van der Waals surface area contributed by atoms with Crippen molar-refractivity contribution in [2.45, 2.75) is 62.6 Å². The molecule has 2 aliphatic rings. The van der Waals surface area contributed by atoms with Crippen molar-refractivity contribution >= 4 is 17.7 Å². The Labute approximate surface area is 187 Å². The number of halogens is 1. The monoisotopic (exact) mass is 437 g/mol. The first-order chi connectivity index (χ1) is 15.4. The van der Waals surface area contributed by atoms with Crippen LogP contribution in [0, 0.1) is 5.82 Å². The maximum absolute atomic E-state index is 13.1. The fourth-order valence-corrected chi connectivity index (χ4v) is 4.97. The van der Waals surface area contributed by atoms with Crippen LogP contribution in [0.2, 0.25) is 0 Å². The quantitative estimate of drug-likeness (QED) is 0.672. The van der Waals surface area contributed by atoms with Crippen LogP contribution in [0.3, 0.4) is 0 Å². The molecule has 2 aromatic rings. The number of carbonyl (C=O) groups excluding carboxylic acids is 3. The number of amides is 3. The van der Waals surface area contributed by atoms with Gasteiger partial charge in [0.2, 0.25) is 11.8 Å². The van der Waals surface area contributed by atoms with Crippen LogP contribution in [-0.4, -0.2) is 35.3 Å². The van der Waals surface area contributed by atoms with Gasteiger partial charge >= 0.3 is 0 Å². The molecule has 0 unspecified atom stereocenters. The molecule has 0 aromatic heterocycles. The highest BCUT2D eigenvalue weighted by molar-refractivity contribution is 5.97. The number of hydrogen-bond acceptors (Lipinski definition) is 3. The Morgan fingerprint density at radius 2 is 1.81 bits per heavy atom.